The fourth-order valence-electron chi connectivity index (χ4n) is 5.97. The zero-order valence-corrected chi connectivity index (χ0v) is 20.8. The molecule has 0 aromatic carbocycles. The molecule has 0 aromatic rings. The van der Waals surface area contributed by atoms with Crippen LogP contribution in [0.25, 0.3) is 0 Å². The summed E-state index contributed by atoms with van der Waals surface area (Å²) in [4.78, 5) is 0. The minimum Gasteiger partial charge on any atom is -0.378 e. The molecule has 2 bridgehead atoms. The van der Waals surface area contributed by atoms with Gasteiger partial charge in [0.15, 0.2) is 0 Å². The molecule has 0 heterocycles. The Morgan fingerprint density at radius 1 is 0.613 bits per heavy atom. The van der Waals surface area contributed by atoms with Gasteiger partial charge in [0.25, 0.3) is 0 Å². The highest BCUT2D eigenvalue weighted by Gasteiger charge is 2.26. The Kier molecular flexibility index (Phi) is 16.1. The van der Waals surface area contributed by atoms with Crippen LogP contribution < -0.4 is 0 Å². The lowest BCUT2D eigenvalue weighted by atomic mass is 9.82. The highest BCUT2D eigenvalue weighted by molar-refractivity contribution is 4.77. The van der Waals surface area contributed by atoms with Gasteiger partial charge < -0.3 is 4.74 Å². The van der Waals surface area contributed by atoms with E-state index >= 15 is 0 Å². The molecule has 0 saturated heterocycles. The fraction of sp³-hybridized carbons (Fsp3) is 0.966. The molecule has 0 amide bonds. The first-order valence-electron chi connectivity index (χ1n) is 14.4. The van der Waals surface area contributed by atoms with Gasteiger partial charge in [-0.15, -0.1) is 0 Å². The van der Waals surface area contributed by atoms with Gasteiger partial charge in [-0.2, -0.15) is 0 Å². The molecular formula is C29H54O2. The standard InChI is InChI=1S/C29H54O2/c1-2-3-4-5-6-7-8-9-10-17-24-31-29-23-22-28(30)25-26-18-13-11-15-20-27(29)21-16-12-14-19-26/h26-29H,1-25H2. The first-order valence-corrected chi connectivity index (χ1v) is 14.4. The predicted molar refractivity (Wildman–Crippen MR) is 133 cm³/mol. The number of hydrogen-bond acceptors (Lipinski definition) is 1. The SMILES string of the molecule is [CH2]CCCCCCCCCCCOC1CCC([O])CC2CCCCCC1CCCCC2. The van der Waals surface area contributed by atoms with Crippen LogP contribution in [0.3, 0.4) is 0 Å². The molecule has 3 aliphatic rings. The molecule has 3 rings (SSSR count). The number of hydrogen-bond donors (Lipinski definition) is 0. The zero-order valence-electron chi connectivity index (χ0n) is 20.8. The lowest BCUT2D eigenvalue weighted by Gasteiger charge is -2.30. The van der Waals surface area contributed by atoms with Gasteiger partial charge in [-0.1, -0.05) is 116 Å². The molecule has 2 nitrogen and oxygen atoms in total. The van der Waals surface area contributed by atoms with Gasteiger partial charge in [-0.3, -0.25) is 0 Å². The van der Waals surface area contributed by atoms with E-state index in [0.29, 0.717) is 17.9 Å². The van der Waals surface area contributed by atoms with E-state index in [1.807, 2.05) is 0 Å². The summed E-state index contributed by atoms with van der Waals surface area (Å²) < 4.78 is 6.52. The maximum atomic E-state index is 12.7. The van der Waals surface area contributed by atoms with E-state index in [2.05, 4.69) is 6.92 Å². The van der Waals surface area contributed by atoms with Gasteiger partial charge in [0.2, 0.25) is 0 Å². The molecule has 2 unspecified atom stereocenters. The van der Waals surface area contributed by atoms with E-state index in [0.717, 1.165) is 32.3 Å². The van der Waals surface area contributed by atoms with E-state index in [4.69, 9.17) is 4.74 Å². The molecule has 0 aromatic heterocycles. The van der Waals surface area contributed by atoms with Gasteiger partial charge in [0, 0.05) is 6.61 Å². The van der Waals surface area contributed by atoms with Crippen molar-refractivity contribution in [3.63, 3.8) is 0 Å². The maximum absolute atomic E-state index is 12.7. The topological polar surface area (TPSA) is 29.1 Å². The molecule has 2 atom stereocenters. The summed E-state index contributed by atoms with van der Waals surface area (Å²) in [6, 6.07) is 0. The monoisotopic (exact) mass is 434 g/mol. The normalized spacial score (nSPS) is 28.8. The third kappa shape index (κ3) is 13.3. The average Bonchev–Trinajstić information content (AvgIpc) is 2.75. The van der Waals surface area contributed by atoms with Crippen molar-refractivity contribution in [1.29, 1.82) is 0 Å². The lowest BCUT2D eigenvalue weighted by molar-refractivity contribution is -0.0225. The largest absolute Gasteiger partial charge is 0.378 e. The third-order valence-corrected chi connectivity index (χ3v) is 8.00. The average molecular weight is 435 g/mol. The van der Waals surface area contributed by atoms with Crippen LogP contribution in [0.2, 0.25) is 0 Å². The Morgan fingerprint density at radius 2 is 1.16 bits per heavy atom. The Morgan fingerprint density at radius 3 is 1.77 bits per heavy atom. The summed E-state index contributed by atoms with van der Waals surface area (Å²) in [5.41, 5.74) is 0. The highest BCUT2D eigenvalue weighted by Crippen LogP contribution is 2.32. The van der Waals surface area contributed by atoms with Crippen LogP contribution in [-0.4, -0.2) is 18.8 Å². The van der Waals surface area contributed by atoms with E-state index in [-0.39, 0.29) is 6.10 Å². The summed E-state index contributed by atoms with van der Waals surface area (Å²) >= 11 is 0. The Bertz CT molecular complexity index is 382. The highest BCUT2D eigenvalue weighted by atomic mass is 16.5. The van der Waals surface area contributed by atoms with E-state index in [1.54, 1.807) is 0 Å². The smallest absolute Gasteiger partial charge is 0.0933 e. The van der Waals surface area contributed by atoms with Crippen molar-refractivity contribution in [2.75, 3.05) is 6.61 Å². The molecular weight excluding hydrogens is 380 g/mol. The lowest BCUT2D eigenvalue weighted by Crippen LogP contribution is -2.28. The second-order valence-electron chi connectivity index (χ2n) is 10.8. The third-order valence-electron chi connectivity index (χ3n) is 8.00. The quantitative estimate of drug-likeness (QED) is 0.281. The number of rotatable bonds is 12. The molecule has 2 heteroatoms. The van der Waals surface area contributed by atoms with Crippen molar-refractivity contribution >= 4 is 0 Å². The van der Waals surface area contributed by atoms with E-state index in [9.17, 15) is 5.11 Å². The van der Waals surface area contributed by atoms with Crippen LogP contribution in [0.15, 0.2) is 0 Å². The molecule has 3 aliphatic carbocycles. The molecule has 3 fully saturated rings. The molecule has 0 aliphatic heterocycles. The Labute approximate surface area is 195 Å². The van der Waals surface area contributed by atoms with Gasteiger partial charge in [0.05, 0.1) is 12.2 Å². The summed E-state index contributed by atoms with van der Waals surface area (Å²) in [5.74, 6) is 1.39. The van der Waals surface area contributed by atoms with Crippen molar-refractivity contribution in [2.45, 2.75) is 160 Å². The van der Waals surface area contributed by atoms with Crippen LogP contribution >= 0.6 is 0 Å². The van der Waals surface area contributed by atoms with Crippen LogP contribution in [0.4, 0.5) is 0 Å². The van der Waals surface area contributed by atoms with Gasteiger partial charge in [-0.25, -0.2) is 5.11 Å². The Hall–Kier alpha value is -0.0800. The summed E-state index contributed by atoms with van der Waals surface area (Å²) in [6.07, 6.45) is 29.4. The second-order valence-corrected chi connectivity index (χ2v) is 10.8. The number of unbranched alkanes of at least 4 members (excludes halogenated alkanes) is 9. The number of ether oxygens (including phenoxy) is 1. The molecule has 2 radical (unpaired) electrons. The molecule has 0 spiro atoms. The van der Waals surface area contributed by atoms with Crippen molar-refractivity contribution in [1.82, 2.24) is 0 Å². The number of fused-ring (bicyclic) bond motifs is 12. The van der Waals surface area contributed by atoms with Gasteiger partial charge in [0.1, 0.15) is 0 Å². The van der Waals surface area contributed by atoms with Crippen molar-refractivity contribution < 1.29 is 9.84 Å². The molecule has 182 valence electrons. The maximum Gasteiger partial charge on any atom is 0.0933 e. The summed E-state index contributed by atoms with van der Waals surface area (Å²) in [7, 11) is 0. The van der Waals surface area contributed by atoms with Crippen LogP contribution in [0.5, 0.6) is 0 Å². The molecule has 0 N–H and O–H groups in total. The van der Waals surface area contributed by atoms with Gasteiger partial charge >= 0.3 is 0 Å². The van der Waals surface area contributed by atoms with E-state index in [1.165, 1.54) is 122 Å². The van der Waals surface area contributed by atoms with Crippen LogP contribution in [0.1, 0.15) is 148 Å². The second kappa shape index (κ2) is 18.4. The minimum absolute atomic E-state index is 0.349. The van der Waals surface area contributed by atoms with Crippen LogP contribution in [-0.2, 0) is 9.84 Å². The predicted octanol–water partition coefficient (Wildman–Crippen LogP) is 9.24. The Balaban J connectivity index is 1.69. The molecule has 3 saturated carbocycles. The summed E-state index contributed by atoms with van der Waals surface area (Å²) in [5, 5.41) is 12.7. The summed E-state index contributed by atoms with van der Waals surface area (Å²) in [6.45, 7) is 4.84. The van der Waals surface area contributed by atoms with Gasteiger partial charge in [-0.05, 0) is 50.4 Å². The van der Waals surface area contributed by atoms with Crippen LogP contribution in [0, 0.1) is 18.8 Å². The zero-order chi connectivity index (χ0) is 22.0. The van der Waals surface area contributed by atoms with Crippen molar-refractivity contribution in [2.24, 2.45) is 11.8 Å². The van der Waals surface area contributed by atoms with Crippen molar-refractivity contribution in [3.05, 3.63) is 6.92 Å². The first-order chi connectivity index (χ1) is 15.3. The first kappa shape index (κ1) is 27.2. The van der Waals surface area contributed by atoms with E-state index < -0.39 is 0 Å². The minimum atomic E-state index is -0.357. The fourth-order valence-corrected chi connectivity index (χ4v) is 5.97. The van der Waals surface area contributed by atoms with Crippen molar-refractivity contribution in [3.8, 4) is 0 Å². The molecule has 31 heavy (non-hydrogen) atoms.